The number of esters is 1. The molecule has 0 saturated carbocycles. The molecule has 1 aliphatic rings. The minimum absolute atomic E-state index is 0.104. The van der Waals surface area contributed by atoms with Gasteiger partial charge >= 0.3 is 5.97 Å². The standard InChI is InChI=1S/C7H13NO2/c1-3-6-5-10-7(9)4-8(6)2/h6H,3-5H2,1-2H3. The first-order valence-corrected chi connectivity index (χ1v) is 3.60. The van der Waals surface area contributed by atoms with Crippen molar-refractivity contribution in [3.8, 4) is 0 Å². The van der Waals surface area contributed by atoms with Gasteiger partial charge in [-0.2, -0.15) is 0 Å². The Bertz CT molecular complexity index is 136. The van der Waals surface area contributed by atoms with E-state index in [2.05, 4.69) is 6.92 Å². The predicted molar refractivity (Wildman–Crippen MR) is 37.7 cm³/mol. The fourth-order valence-electron chi connectivity index (χ4n) is 1.12. The highest BCUT2D eigenvalue weighted by atomic mass is 16.5. The van der Waals surface area contributed by atoms with Crippen LogP contribution in [-0.4, -0.2) is 37.1 Å². The molecule has 0 amide bonds. The van der Waals surface area contributed by atoms with Gasteiger partial charge in [0.25, 0.3) is 0 Å². The molecular formula is C7H13NO2. The van der Waals surface area contributed by atoms with E-state index in [0.29, 0.717) is 19.2 Å². The minimum Gasteiger partial charge on any atom is -0.463 e. The molecule has 0 aromatic heterocycles. The maximum absolute atomic E-state index is 10.7. The van der Waals surface area contributed by atoms with E-state index in [0.717, 1.165) is 6.42 Å². The Morgan fingerprint density at radius 1 is 1.80 bits per heavy atom. The van der Waals surface area contributed by atoms with E-state index < -0.39 is 0 Å². The molecule has 1 fully saturated rings. The Balaban J connectivity index is 2.43. The van der Waals surface area contributed by atoms with Crippen LogP contribution in [0.1, 0.15) is 13.3 Å². The Morgan fingerprint density at radius 2 is 2.50 bits per heavy atom. The Hall–Kier alpha value is -0.570. The van der Waals surface area contributed by atoms with Crippen LogP contribution in [-0.2, 0) is 9.53 Å². The van der Waals surface area contributed by atoms with E-state index in [1.165, 1.54) is 0 Å². The molecule has 1 unspecified atom stereocenters. The largest absolute Gasteiger partial charge is 0.463 e. The van der Waals surface area contributed by atoms with Gasteiger partial charge in [-0.25, -0.2) is 0 Å². The Labute approximate surface area is 61.0 Å². The zero-order chi connectivity index (χ0) is 7.56. The molecule has 1 aliphatic heterocycles. The summed E-state index contributed by atoms with van der Waals surface area (Å²) in [4.78, 5) is 12.7. The number of likely N-dealkylation sites (N-methyl/N-ethyl adjacent to an activating group) is 1. The molecule has 0 spiro atoms. The molecule has 3 nitrogen and oxygen atoms in total. The molecule has 0 N–H and O–H groups in total. The third kappa shape index (κ3) is 1.48. The van der Waals surface area contributed by atoms with Crippen molar-refractivity contribution < 1.29 is 9.53 Å². The van der Waals surface area contributed by atoms with E-state index >= 15 is 0 Å². The van der Waals surface area contributed by atoms with Crippen LogP contribution in [0, 0.1) is 0 Å². The summed E-state index contributed by atoms with van der Waals surface area (Å²) >= 11 is 0. The van der Waals surface area contributed by atoms with Crippen LogP contribution in [0.3, 0.4) is 0 Å². The van der Waals surface area contributed by atoms with Crippen molar-refractivity contribution in [2.75, 3.05) is 20.2 Å². The van der Waals surface area contributed by atoms with Crippen molar-refractivity contribution in [2.24, 2.45) is 0 Å². The van der Waals surface area contributed by atoms with Crippen LogP contribution in [0.15, 0.2) is 0 Å². The third-order valence-electron chi connectivity index (χ3n) is 1.91. The van der Waals surface area contributed by atoms with E-state index in [1.807, 2.05) is 11.9 Å². The molecule has 1 saturated heterocycles. The summed E-state index contributed by atoms with van der Waals surface area (Å²) in [6.45, 7) is 3.10. The van der Waals surface area contributed by atoms with Gasteiger partial charge in [0.1, 0.15) is 6.61 Å². The number of morpholine rings is 1. The molecule has 1 atom stereocenters. The molecule has 0 aliphatic carbocycles. The van der Waals surface area contributed by atoms with Gasteiger partial charge in [-0.05, 0) is 13.5 Å². The van der Waals surface area contributed by atoms with Crippen LogP contribution in [0.2, 0.25) is 0 Å². The molecular weight excluding hydrogens is 130 g/mol. The lowest BCUT2D eigenvalue weighted by molar-refractivity contribution is -0.153. The van der Waals surface area contributed by atoms with Crippen molar-refractivity contribution in [3.05, 3.63) is 0 Å². The second-order valence-corrected chi connectivity index (χ2v) is 2.66. The molecule has 0 aromatic rings. The first-order valence-electron chi connectivity index (χ1n) is 3.60. The van der Waals surface area contributed by atoms with Crippen LogP contribution in [0.25, 0.3) is 0 Å². The highest BCUT2D eigenvalue weighted by Gasteiger charge is 2.22. The second-order valence-electron chi connectivity index (χ2n) is 2.66. The van der Waals surface area contributed by atoms with Crippen LogP contribution >= 0.6 is 0 Å². The van der Waals surface area contributed by atoms with Crippen molar-refractivity contribution >= 4 is 5.97 Å². The van der Waals surface area contributed by atoms with Crippen molar-refractivity contribution in [1.82, 2.24) is 4.90 Å². The summed E-state index contributed by atoms with van der Waals surface area (Å²) < 4.78 is 4.87. The quantitative estimate of drug-likeness (QED) is 0.493. The first-order chi connectivity index (χ1) is 4.74. The number of carbonyl (C=O) groups is 1. The predicted octanol–water partition coefficient (Wildman–Crippen LogP) is 0.254. The summed E-state index contributed by atoms with van der Waals surface area (Å²) in [6, 6.07) is 0.428. The fourth-order valence-corrected chi connectivity index (χ4v) is 1.12. The number of cyclic esters (lactones) is 1. The second kappa shape index (κ2) is 3.01. The van der Waals surface area contributed by atoms with E-state index in [4.69, 9.17) is 4.74 Å². The normalized spacial score (nSPS) is 28.2. The summed E-state index contributed by atoms with van der Waals surface area (Å²) in [5, 5.41) is 0. The van der Waals surface area contributed by atoms with E-state index in [1.54, 1.807) is 0 Å². The van der Waals surface area contributed by atoms with Crippen molar-refractivity contribution in [3.63, 3.8) is 0 Å². The summed E-state index contributed by atoms with van der Waals surface area (Å²) in [7, 11) is 1.95. The number of rotatable bonds is 1. The highest BCUT2D eigenvalue weighted by Crippen LogP contribution is 2.07. The van der Waals surface area contributed by atoms with Gasteiger partial charge in [0, 0.05) is 6.04 Å². The van der Waals surface area contributed by atoms with Gasteiger partial charge in [-0.15, -0.1) is 0 Å². The maximum atomic E-state index is 10.7. The Kier molecular flexibility index (Phi) is 2.27. The lowest BCUT2D eigenvalue weighted by Gasteiger charge is -2.30. The van der Waals surface area contributed by atoms with Crippen molar-refractivity contribution in [1.29, 1.82) is 0 Å². The van der Waals surface area contributed by atoms with Gasteiger partial charge < -0.3 is 4.74 Å². The van der Waals surface area contributed by atoms with Crippen LogP contribution in [0.5, 0.6) is 0 Å². The average molecular weight is 143 g/mol. The van der Waals surface area contributed by atoms with Crippen LogP contribution in [0.4, 0.5) is 0 Å². The minimum atomic E-state index is -0.104. The van der Waals surface area contributed by atoms with Gasteiger partial charge in [0.05, 0.1) is 6.54 Å². The van der Waals surface area contributed by atoms with Gasteiger partial charge in [-0.3, -0.25) is 9.69 Å². The number of hydrogen-bond donors (Lipinski definition) is 0. The summed E-state index contributed by atoms with van der Waals surface area (Å²) in [5.74, 6) is -0.104. The van der Waals surface area contributed by atoms with Gasteiger partial charge in [0.2, 0.25) is 0 Å². The lowest BCUT2D eigenvalue weighted by atomic mass is 10.2. The third-order valence-corrected chi connectivity index (χ3v) is 1.91. The highest BCUT2D eigenvalue weighted by molar-refractivity contribution is 5.72. The number of ether oxygens (including phenoxy) is 1. The summed E-state index contributed by atoms with van der Waals surface area (Å²) in [5.41, 5.74) is 0. The summed E-state index contributed by atoms with van der Waals surface area (Å²) in [6.07, 6.45) is 1.05. The molecule has 0 bridgehead atoms. The van der Waals surface area contributed by atoms with Gasteiger partial charge in [0.15, 0.2) is 0 Å². The first kappa shape index (κ1) is 7.54. The molecule has 1 rings (SSSR count). The van der Waals surface area contributed by atoms with Crippen LogP contribution < -0.4 is 0 Å². The van der Waals surface area contributed by atoms with E-state index in [-0.39, 0.29) is 5.97 Å². The zero-order valence-corrected chi connectivity index (χ0v) is 6.46. The molecule has 0 aromatic carbocycles. The molecule has 10 heavy (non-hydrogen) atoms. The number of nitrogens with zero attached hydrogens (tertiary/aromatic N) is 1. The SMILES string of the molecule is CCC1COC(=O)CN1C. The molecule has 0 radical (unpaired) electrons. The number of hydrogen-bond acceptors (Lipinski definition) is 3. The monoisotopic (exact) mass is 143 g/mol. The van der Waals surface area contributed by atoms with Crippen molar-refractivity contribution in [2.45, 2.75) is 19.4 Å². The fraction of sp³-hybridized carbons (Fsp3) is 0.857. The topological polar surface area (TPSA) is 29.5 Å². The molecule has 3 heteroatoms. The zero-order valence-electron chi connectivity index (χ0n) is 6.46. The maximum Gasteiger partial charge on any atom is 0.320 e. The smallest absolute Gasteiger partial charge is 0.320 e. The van der Waals surface area contributed by atoms with Gasteiger partial charge in [-0.1, -0.05) is 6.92 Å². The lowest BCUT2D eigenvalue weighted by Crippen LogP contribution is -2.44. The average Bonchev–Trinajstić information content (AvgIpc) is 1.88. The molecule has 1 heterocycles. The number of carbonyl (C=O) groups excluding carboxylic acids is 1. The molecule has 58 valence electrons. The van der Waals surface area contributed by atoms with E-state index in [9.17, 15) is 4.79 Å². The Morgan fingerprint density at radius 3 is 3.00 bits per heavy atom.